The summed E-state index contributed by atoms with van der Waals surface area (Å²) in [5.41, 5.74) is 0.624. The molecule has 24 heavy (non-hydrogen) atoms. The summed E-state index contributed by atoms with van der Waals surface area (Å²) in [4.78, 5) is 24.0. The highest BCUT2D eigenvalue weighted by Crippen LogP contribution is 2.34. The van der Waals surface area contributed by atoms with E-state index in [9.17, 15) is 14.9 Å². The van der Waals surface area contributed by atoms with Gasteiger partial charge < -0.3 is 10.4 Å². The van der Waals surface area contributed by atoms with Crippen LogP contribution in [0.4, 0.5) is 5.69 Å². The Morgan fingerprint density at radius 2 is 2.12 bits per heavy atom. The minimum absolute atomic E-state index is 0.00863. The Bertz CT molecular complexity index is 755. The molecule has 1 aromatic carbocycles. The van der Waals surface area contributed by atoms with Crippen molar-refractivity contribution in [1.82, 2.24) is 5.32 Å². The molecule has 0 saturated carbocycles. The maximum absolute atomic E-state index is 11.7. The van der Waals surface area contributed by atoms with Crippen molar-refractivity contribution < 1.29 is 14.8 Å². The van der Waals surface area contributed by atoms with E-state index in [-0.39, 0.29) is 24.1 Å². The average Bonchev–Trinajstić information content (AvgIpc) is 3.06. The summed E-state index contributed by atoms with van der Waals surface area (Å²) in [6, 6.07) is 10.2. The van der Waals surface area contributed by atoms with Crippen molar-refractivity contribution >= 4 is 29.0 Å². The minimum atomic E-state index is -0.402. The van der Waals surface area contributed by atoms with Crippen molar-refractivity contribution in [2.45, 2.75) is 6.92 Å². The van der Waals surface area contributed by atoms with Crippen LogP contribution in [0.5, 0.6) is 0 Å². The molecule has 1 atom stereocenters. The molecule has 0 spiro atoms. The SMILES string of the molecule is CC(CO)CNC(=O)/C=C/c1ccc(-c2ccccc2[N+](=O)[O-])s1. The molecule has 0 aliphatic carbocycles. The first-order valence-corrected chi connectivity index (χ1v) is 8.23. The molecule has 1 amide bonds. The monoisotopic (exact) mass is 346 g/mol. The van der Waals surface area contributed by atoms with Crippen LogP contribution in [-0.2, 0) is 4.79 Å². The molecule has 0 radical (unpaired) electrons. The van der Waals surface area contributed by atoms with Crippen LogP contribution in [0.2, 0.25) is 0 Å². The molecule has 6 nitrogen and oxygen atoms in total. The third-order valence-corrected chi connectivity index (χ3v) is 4.41. The van der Waals surface area contributed by atoms with Crippen molar-refractivity contribution in [3.63, 3.8) is 0 Å². The first-order valence-electron chi connectivity index (χ1n) is 7.41. The van der Waals surface area contributed by atoms with Crippen LogP contribution in [0.25, 0.3) is 16.5 Å². The van der Waals surface area contributed by atoms with Crippen molar-refractivity contribution in [3.8, 4) is 10.4 Å². The number of nitrogens with zero attached hydrogens (tertiary/aromatic N) is 1. The van der Waals surface area contributed by atoms with Crippen LogP contribution >= 0.6 is 11.3 Å². The van der Waals surface area contributed by atoms with Gasteiger partial charge in [0.05, 0.1) is 10.5 Å². The number of para-hydroxylation sites is 1. The molecule has 0 aliphatic heterocycles. The van der Waals surface area contributed by atoms with Gasteiger partial charge in [-0.05, 0) is 30.2 Å². The Hall–Kier alpha value is -2.51. The molecule has 2 aromatic rings. The number of benzene rings is 1. The number of hydrogen-bond acceptors (Lipinski definition) is 5. The molecule has 1 unspecified atom stereocenters. The molecular formula is C17H18N2O4S. The average molecular weight is 346 g/mol. The number of hydrogen-bond donors (Lipinski definition) is 2. The maximum Gasteiger partial charge on any atom is 0.278 e. The van der Waals surface area contributed by atoms with Crippen LogP contribution in [0.1, 0.15) is 11.8 Å². The van der Waals surface area contributed by atoms with Gasteiger partial charge in [-0.2, -0.15) is 0 Å². The number of nitro benzene ring substituents is 1. The summed E-state index contributed by atoms with van der Waals surface area (Å²) in [6.07, 6.45) is 3.08. The Balaban J connectivity index is 2.07. The standard InChI is InChI=1S/C17H18N2O4S/c1-12(11-20)10-18-17(21)9-7-13-6-8-16(24-13)14-4-2-3-5-15(14)19(22)23/h2-9,12,20H,10-11H2,1H3,(H,18,21)/b9-7+. The number of aliphatic hydroxyl groups excluding tert-OH is 1. The van der Waals surface area contributed by atoms with Gasteiger partial charge in [0.25, 0.3) is 5.69 Å². The zero-order valence-corrected chi connectivity index (χ0v) is 14.0. The number of nitro groups is 1. The smallest absolute Gasteiger partial charge is 0.278 e. The second-order valence-electron chi connectivity index (χ2n) is 5.34. The largest absolute Gasteiger partial charge is 0.396 e. The molecule has 126 valence electrons. The van der Waals surface area contributed by atoms with Crippen LogP contribution < -0.4 is 5.32 Å². The predicted octanol–water partition coefficient (Wildman–Crippen LogP) is 3.08. The van der Waals surface area contributed by atoms with E-state index in [2.05, 4.69) is 5.32 Å². The van der Waals surface area contributed by atoms with Gasteiger partial charge in [-0.1, -0.05) is 19.1 Å². The summed E-state index contributed by atoms with van der Waals surface area (Å²) in [5.74, 6) is -0.231. The zero-order valence-electron chi connectivity index (χ0n) is 13.1. The first-order chi connectivity index (χ1) is 11.5. The van der Waals surface area contributed by atoms with E-state index < -0.39 is 4.92 Å². The molecular weight excluding hydrogens is 328 g/mol. The summed E-state index contributed by atoms with van der Waals surface area (Å²) in [5, 5.41) is 22.7. The lowest BCUT2D eigenvalue weighted by atomic mass is 10.1. The van der Waals surface area contributed by atoms with E-state index >= 15 is 0 Å². The quantitative estimate of drug-likeness (QED) is 0.458. The highest BCUT2D eigenvalue weighted by Gasteiger charge is 2.15. The van der Waals surface area contributed by atoms with Gasteiger partial charge in [-0.15, -0.1) is 11.3 Å². The number of rotatable bonds is 7. The number of aliphatic hydroxyl groups is 1. The van der Waals surface area contributed by atoms with Crippen LogP contribution in [-0.4, -0.2) is 29.1 Å². The molecule has 7 heteroatoms. The van der Waals surface area contributed by atoms with E-state index in [1.807, 2.05) is 13.0 Å². The van der Waals surface area contributed by atoms with Gasteiger partial charge in [0, 0.05) is 35.0 Å². The molecule has 0 fully saturated rings. The van der Waals surface area contributed by atoms with E-state index in [4.69, 9.17) is 5.11 Å². The zero-order chi connectivity index (χ0) is 17.5. The van der Waals surface area contributed by atoms with E-state index in [0.717, 1.165) is 9.75 Å². The Labute approximate surface area is 143 Å². The highest BCUT2D eigenvalue weighted by molar-refractivity contribution is 7.16. The van der Waals surface area contributed by atoms with Crippen LogP contribution in [0.15, 0.2) is 42.5 Å². The molecule has 0 bridgehead atoms. The summed E-state index contributed by atoms with van der Waals surface area (Å²) < 4.78 is 0. The molecule has 0 saturated heterocycles. The van der Waals surface area contributed by atoms with Crippen molar-refractivity contribution in [3.05, 3.63) is 57.5 Å². The lowest BCUT2D eigenvalue weighted by Gasteiger charge is -2.07. The van der Waals surface area contributed by atoms with E-state index in [0.29, 0.717) is 12.1 Å². The first kappa shape index (κ1) is 17.8. The van der Waals surface area contributed by atoms with E-state index in [1.54, 1.807) is 30.3 Å². The summed E-state index contributed by atoms with van der Waals surface area (Å²) in [6.45, 7) is 2.27. The normalized spacial score (nSPS) is 12.2. The number of carbonyl (C=O) groups excluding carboxylic acids is 1. The van der Waals surface area contributed by atoms with Crippen LogP contribution in [0.3, 0.4) is 0 Å². The number of nitrogens with one attached hydrogen (secondary N) is 1. The maximum atomic E-state index is 11.7. The second-order valence-corrected chi connectivity index (χ2v) is 6.46. The summed E-state index contributed by atoms with van der Waals surface area (Å²) in [7, 11) is 0. The lowest BCUT2D eigenvalue weighted by molar-refractivity contribution is -0.384. The fourth-order valence-electron chi connectivity index (χ4n) is 1.98. The number of thiophene rings is 1. The van der Waals surface area contributed by atoms with Gasteiger partial charge >= 0.3 is 0 Å². The van der Waals surface area contributed by atoms with Gasteiger partial charge in [0.1, 0.15) is 0 Å². The molecule has 2 rings (SSSR count). The Kier molecular flexibility index (Phi) is 6.22. The minimum Gasteiger partial charge on any atom is -0.396 e. The Morgan fingerprint density at radius 1 is 1.38 bits per heavy atom. The van der Waals surface area contributed by atoms with Crippen molar-refractivity contribution in [1.29, 1.82) is 0 Å². The fourth-order valence-corrected chi connectivity index (χ4v) is 2.93. The number of carbonyl (C=O) groups is 1. The van der Waals surface area contributed by atoms with Gasteiger partial charge in [-0.3, -0.25) is 14.9 Å². The van der Waals surface area contributed by atoms with Gasteiger partial charge in [-0.25, -0.2) is 0 Å². The lowest BCUT2D eigenvalue weighted by Crippen LogP contribution is -2.27. The van der Waals surface area contributed by atoms with Crippen molar-refractivity contribution in [2.75, 3.05) is 13.2 Å². The molecule has 2 N–H and O–H groups in total. The highest BCUT2D eigenvalue weighted by atomic mass is 32.1. The number of amides is 1. The molecule has 1 aromatic heterocycles. The van der Waals surface area contributed by atoms with Crippen LogP contribution in [0, 0.1) is 16.0 Å². The van der Waals surface area contributed by atoms with Crippen molar-refractivity contribution in [2.24, 2.45) is 5.92 Å². The van der Waals surface area contributed by atoms with Gasteiger partial charge in [0.15, 0.2) is 0 Å². The molecule has 0 aliphatic rings. The fraction of sp³-hybridized carbons (Fsp3) is 0.235. The topological polar surface area (TPSA) is 92.5 Å². The van der Waals surface area contributed by atoms with E-state index in [1.165, 1.54) is 23.5 Å². The summed E-state index contributed by atoms with van der Waals surface area (Å²) >= 11 is 1.38. The third-order valence-electron chi connectivity index (χ3n) is 3.33. The third kappa shape index (κ3) is 4.74. The predicted molar refractivity (Wildman–Crippen MR) is 94.7 cm³/mol. The molecule has 1 heterocycles. The Morgan fingerprint density at radius 3 is 2.83 bits per heavy atom. The second kappa shape index (κ2) is 8.37. The van der Waals surface area contributed by atoms with Gasteiger partial charge in [0.2, 0.25) is 5.91 Å².